The minimum Gasteiger partial charge on any atom is -0.496 e. The van der Waals surface area contributed by atoms with Gasteiger partial charge in [0, 0.05) is 33.7 Å². The number of Topliss-reactive ketones (excluding diaryl/α,β-unsaturated/α-hetero) is 1. The van der Waals surface area contributed by atoms with Crippen LogP contribution in [0.4, 0.5) is 0 Å². The molecule has 1 unspecified atom stereocenters. The molecule has 0 bridgehead atoms. The molecular weight excluding hydrogens is 548 g/mol. The molecule has 4 aromatic rings. The third-order valence-corrected chi connectivity index (χ3v) is 7.69. The summed E-state index contributed by atoms with van der Waals surface area (Å²) in [5.41, 5.74) is 5.21. The highest BCUT2D eigenvalue weighted by atomic mass is 16.5. The minimum atomic E-state index is -0.630. The molecule has 0 fully saturated rings. The average molecular weight is 583 g/mol. The number of aliphatic hydroxyl groups excluding tert-OH is 3. The third-order valence-electron chi connectivity index (χ3n) is 7.69. The summed E-state index contributed by atoms with van der Waals surface area (Å²) in [6.45, 7) is -0.632. The van der Waals surface area contributed by atoms with Crippen molar-refractivity contribution in [1.82, 2.24) is 0 Å². The van der Waals surface area contributed by atoms with Gasteiger partial charge in [-0.15, -0.1) is 0 Å². The van der Waals surface area contributed by atoms with E-state index in [1.54, 1.807) is 18.2 Å². The summed E-state index contributed by atoms with van der Waals surface area (Å²) < 4.78 is 22.8. The first-order valence-electron chi connectivity index (χ1n) is 13.8. The van der Waals surface area contributed by atoms with Crippen LogP contribution >= 0.6 is 0 Å². The van der Waals surface area contributed by atoms with Crippen LogP contribution in [0.25, 0.3) is 6.08 Å². The third kappa shape index (κ3) is 5.72. The van der Waals surface area contributed by atoms with Gasteiger partial charge in [0.05, 0.1) is 41.2 Å². The Labute approximate surface area is 250 Å². The number of hydrogen-bond acceptors (Lipinski definition) is 8. The molecule has 8 nitrogen and oxygen atoms in total. The van der Waals surface area contributed by atoms with E-state index in [9.17, 15) is 20.1 Å². The van der Waals surface area contributed by atoms with E-state index >= 15 is 0 Å². The molecule has 4 aromatic carbocycles. The largest absolute Gasteiger partial charge is 0.496 e. The van der Waals surface area contributed by atoms with Crippen LogP contribution in [0.15, 0.2) is 78.4 Å². The zero-order chi connectivity index (χ0) is 30.5. The Morgan fingerprint density at radius 2 is 1.47 bits per heavy atom. The summed E-state index contributed by atoms with van der Waals surface area (Å²) >= 11 is 0. The van der Waals surface area contributed by atoms with Crippen molar-refractivity contribution in [1.29, 1.82) is 0 Å². The molecule has 222 valence electrons. The Bertz CT molecular complexity index is 1620. The monoisotopic (exact) mass is 582 g/mol. The highest BCUT2D eigenvalue weighted by Crippen LogP contribution is 2.51. The van der Waals surface area contributed by atoms with E-state index in [1.165, 1.54) is 21.3 Å². The predicted octanol–water partition coefficient (Wildman–Crippen LogP) is 5.18. The van der Waals surface area contributed by atoms with Crippen molar-refractivity contribution in [3.05, 3.63) is 123 Å². The molecule has 3 N–H and O–H groups in total. The van der Waals surface area contributed by atoms with E-state index < -0.39 is 5.92 Å². The minimum absolute atomic E-state index is 0.234. The first-order chi connectivity index (χ1) is 21.0. The highest BCUT2D eigenvalue weighted by Gasteiger charge is 2.40. The maximum Gasteiger partial charge on any atom is 0.190 e. The van der Waals surface area contributed by atoms with Crippen molar-refractivity contribution in [2.45, 2.75) is 32.3 Å². The first-order valence-corrected chi connectivity index (χ1v) is 13.8. The van der Waals surface area contributed by atoms with Gasteiger partial charge in [0.15, 0.2) is 17.3 Å². The SMILES string of the molecule is COc1cc(C2/C(=C/c3ccc(OCc4ccccc4)cc3)C(=O)c3cc(CO)c(CO)c(OC)c32)cc(CO)c1OC. The molecule has 1 aliphatic carbocycles. The van der Waals surface area contributed by atoms with Crippen LogP contribution in [-0.2, 0) is 26.4 Å². The van der Waals surface area contributed by atoms with Crippen molar-refractivity contribution in [3.8, 4) is 23.0 Å². The molecule has 0 aliphatic heterocycles. The van der Waals surface area contributed by atoms with E-state index in [0.29, 0.717) is 68.6 Å². The number of hydrogen-bond donors (Lipinski definition) is 3. The number of methoxy groups -OCH3 is 3. The number of carbonyl (C=O) groups excluding carboxylic acids is 1. The van der Waals surface area contributed by atoms with Crippen LogP contribution in [0.2, 0.25) is 0 Å². The lowest BCUT2D eigenvalue weighted by molar-refractivity contribution is 0.103. The number of fused-ring (bicyclic) bond motifs is 1. The zero-order valence-electron chi connectivity index (χ0n) is 24.3. The second kappa shape index (κ2) is 13.1. The molecule has 5 rings (SSSR count). The van der Waals surface area contributed by atoms with Crippen LogP contribution in [0.3, 0.4) is 0 Å². The zero-order valence-corrected chi connectivity index (χ0v) is 24.3. The Balaban J connectivity index is 1.63. The molecule has 0 radical (unpaired) electrons. The molecule has 0 spiro atoms. The summed E-state index contributed by atoms with van der Waals surface area (Å²) in [6.07, 6.45) is 1.82. The van der Waals surface area contributed by atoms with Gasteiger partial charge in [0.1, 0.15) is 18.1 Å². The second-order valence-corrected chi connectivity index (χ2v) is 10.1. The van der Waals surface area contributed by atoms with Crippen molar-refractivity contribution < 1.29 is 39.1 Å². The number of carbonyl (C=O) groups is 1. The Kier molecular flexibility index (Phi) is 9.11. The summed E-state index contributed by atoms with van der Waals surface area (Å²) in [6, 6.07) is 22.5. The van der Waals surface area contributed by atoms with E-state index in [0.717, 1.165) is 11.1 Å². The summed E-state index contributed by atoms with van der Waals surface area (Å²) in [5.74, 6) is 0.955. The number of rotatable bonds is 11. The molecule has 0 heterocycles. The van der Waals surface area contributed by atoms with Crippen molar-refractivity contribution in [3.63, 3.8) is 0 Å². The van der Waals surface area contributed by atoms with Gasteiger partial charge in [-0.25, -0.2) is 0 Å². The lowest BCUT2D eigenvalue weighted by Gasteiger charge is -2.22. The smallest absolute Gasteiger partial charge is 0.190 e. The normalized spacial score (nSPS) is 15.0. The van der Waals surface area contributed by atoms with Crippen molar-refractivity contribution in [2.24, 2.45) is 0 Å². The van der Waals surface area contributed by atoms with Gasteiger partial charge in [-0.2, -0.15) is 0 Å². The van der Waals surface area contributed by atoms with E-state index in [4.69, 9.17) is 18.9 Å². The fraction of sp³-hybridized carbons (Fsp3) is 0.229. The van der Waals surface area contributed by atoms with Gasteiger partial charge in [0.2, 0.25) is 0 Å². The number of benzene rings is 4. The number of aliphatic hydroxyl groups is 3. The van der Waals surface area contributed by atoms with Gasteiger partial charge in [-0.1, -0.05) is 42.5 Å². The van der Waals surface area contributed by atoms with Gasteiger partial charge < -0.3 is 34.3 Å². The maximum atomic E-state index is 14.1. The van der Waals surface area contributed by atoms with E-state index in [-0.39, 0.29) is 25.6 Å². The fourth-order valence-corrected chi connectivity index (χ4v) is 5.66. The quantitative estimate of drug-likeness (QED) is 0.207. The van der Waals surface area contributed by atoms with Gasteiger partial charge >= 0.3 is 0 Å². The van der Waals surface area contributed by atoms with Gasteiger partial charge in [-0.3, -0.25) is 4.79 Å². The Hall–Kier alpha value is -4.63. The molecule has 43 heavy (non-hydrogen) atoms. The van der Waals surface area contributed by atoms with E-state index in [1.807, 2.05) is 60.7 Å². The van der Waals surface area contributed by atoms with Crippen molar-refractivity contribution in [2.75, 3.05) is 21.3 Å². The van der Waals surface area contributed by atoms with Crippen LogP contribution < -0.4 is 18.9 Å². The number of allylic oxidation sites excluding steroid dienone is 1. The lowest BCUT2D eigenvalue weighted by Crippen LogP contribution is -2.08. The average Bonchev–Trinajstić information content (AvgIpc) is 3.33. The molecule has 1 atom stereocenters. The highest BCUT2D eigenvalue weighted by molar-refractivity contribution is 6.18. The number of ether oxygens (including phenoxy) is 4. The lowest BCUT2D eigenvalue weighted by atomic mass is 9.85. The predicted molar refractivity (Wildman–Crippen MR) is 162 cm³/mol. The standard InChI is InChI=1S/C35H34O8/c1-40-30-16-23(14-25(18-37)34(30)41-2)31-27(33(39)28-15-24(17-36)29(19-38)35(42-3)32(28)31)13-21-9-11-26(12-10-21)43-20-22-7-5-4-6-8-22/h4-16,31,36-38H,17-20H2,1-3H3/b27-13-. The Morgan fingerprint density at radius 1 is 0.767 bits per heavy atom. The van der Waals surface area contributed by atoms with Crippen LogP contribution in [0.5, 0.6) is 23.0 Å². The Morgan fingerprint density at radius 3 is 2.07 bits per heavy atom. The molecule has 1 aliphatic rings. The maximum absolute atomic E-state index is 14.1. The molecule has 0 aromatic heterocycles. The van der Waals surface area contributed by atoms with Crippen molar-refractivity contribution >= 4 is 11.9 Å². The van der Waals surface area contributed by atoms with Gasteiger partial charge in [-0.05, 0) is 58.7 Å². The molecule has 0 amide bonds. The van der Waals surface area contributed by atoms with Crippen LogP contribution in [0, 0.1) is 0 Å². The first kappa shape index (κ1) is 29.8. The molecule has 8 heteroatoms. The molecule has 0 saturated heterocycles. The molecular formula is C35H34O8. The topological polar surface area (TPSA) is 115 Å². The summed E-state index contributed by atoms with van der Waals surface area (Å²) in [4.78, 5) is 14.1. The van der Waals surface area contributed by atoms with Crippen LogP contribution in [-0.4, -0.2) is 42.4 Å². The fourth-order valence-electron chi connectivity index (χ4n) is 5.66. The molecule has 0 saturated carbocycles. The van der Waals surface area contributed by atoms with Gasteiger partial charge in [0.25, 0.3) is 0 Å². The number of ketones is 1. The summed E-state index contributed by atoms with van der Waals surface area (Å²) in [7, 11) is 4.48. The van der Waals surface area contributed by atoms with E-state index in [2.05, 4.69) is 0 Å². The summed E-state index contributed by atoms with van der Waals surface area (Å²) in [5, 5.41) is 30.4. The van der Waals surface area contributed by atoms with Crippen LogP contribution in [0.1, 0.15) is 55.2 Å². The second-order valence-electron chi connectivity index (χ2n) is 10.1.